The molecule has 14 heavy (non-hydrogen) atoms. The standard InChI is InChI=1S/C9H14N4O/c1-12-5-3-11-8(9(12)14)13-4-2-7(13)6-10/h3,5,7H,2,4,6,10H2,1H3. The van der Waals surface area contributed by atoms with Crippen LogP contribution in [0, 0.1) is 0 Å². The van der Waals surface area contributed by atoms with Crippen LogP contribution < -0.4 is 16.2 Å². The first-order valence-electron chi connectivity index (χ1n) is 4.72. The molecule has 1 aliphatic rings. The lowest BCUT2D eigenvalue weighted by atomic mass is 10.0. The highest BCUT2D eigenvalue weighted by Gasteiger charge is 2.29. The van der Waals surface area contributed by atoms with Gasteiger partial charge in [0, 0.05) is 38.6 Å². The van der Waals surface area contributed by atoms with Gasteiger partial charge in [0.25, 0.3) is 5.56 Å². The third kappa shape index (κ3) is 1.29. The molecule has 1 saturated heterocycles. The van der Waals surface area contributed by atoms with Crippen molar-refractivity contribution in [2.75, 3.05) is 18.0 Å². The quantitative estimate of drug-likeness (QED) is 0.677. The number of hydrogen-bond donors (Lipinski definition) is 1. The molecule has 0 bridgehead atoms. The predicted octanol–water partition coefficient (Wildman–Crippen LogP) is -0.682. The molecule has 1 unspecified atom stereocenters. The van der Waals surface area contributed by atoms with Crippen molar-refractivity contribution in [3.05, 3.63) is 22.7 Å². The molecular formula is C9H14N4O. The van der Waals surface area contributed by atoms with Crippen molar-refractivity contribution < 1.29 is 0 Å². The second-order valence-electron chi connectivity index (χ2n) is 3.54. The van der Waals surface area contributed by atoms with Crippen LogP contribution in [0.5, 0.6) is 0 Å². The van der Waals surface area contributed by atoms with E-state index < -0.39 is 0 Å². The van der Waals surface area contributed by atoms with Gasteiger partial charge in [-0.3, -0.25) is 4.79 Å². The van der Waals surface area contributed by atoms with Crippen molar-refractivity contribution in [1.82, 2.24) is 9.55 Å². The van der Waals surface area contributed by atoms with Crippen LogP contribution in [0.1, 0.15) is 6.42 Å². The Hall–Kier alpha value is -1.36. The van der Waals surface area contributed by atoms with Crippen LogP contribution in [0.2, 0.25) is 0 Å². The number of nitrogens with two attached hydrogens (primary N) is 1. The Morgan fingerprint density at radius 2 is 2.50 bits per heavy atom. The molecular weight excluding hydrogens is 180 g/mol. The zero-order chi connectivity index (χ0) is 10.1. The topological polar surface area (TPSA) is 64.2 Å². The number of anilines is 1. The largest absolute Gasteiger partial charge is 0.348 e. The lowest BCUT2D eigenvalue weighted by molar-refractivity contribution is 0.448. The van der Waals surface area contributed by atoms with Gasteiger partial charge in [-0.25, -0.2) is 4.98 Å². The summed E-state index contributed by atoms with van der Waals surface area (Å²) in [6.07, 6.45) is 4.35. The fourth-order valence-corrected chi connectivity index (χ4v) is 1.65. The van der Waals surface area contributed by atoms with Crippen molar-refractivity contribution in [2.45, 2.75) is 12.5 Å². The highest BCUT2D eigenvalue weighted by molar-refractivity contribution is 5.40. The second kappa shape index (κ2) is 3.42. The van der Waals surface area contributed by atoms with Gasteiger partial charge in [0.1, 0.15) is 0 Å². The van der Waals surface area contributed by atoms with Crippen molar-refractivity contribution in [1.29, 1.82) is 0 Å². The van der Waals surface area contributed by atoms with E-state index in [0.29, 0.717) is 12.4 Å². The van der Waals surface area contributed by atoms with Gasteiger partial charge in [-0.05, 0) is 6.42 Å². The van der Waals surface area contributed by atoms with Crippen molar-refractivity contribution in [3.8, 4) is 0 Å². The summed E-state index contributed by atoms with van der Waals surface area (Å²) in [6.45, 7) is 1.47. The smallest absolute Gasteiger partial charge is 0.293 e. The summed E-state index contributed by atoms with van der Waals surface area (Å²) >= 11 is 0. The zero-order valence-electron chi connectivity index (χ0n) is 8.18. The summed E-state index contributed by atoms with van der Waals surface area (Å²) in [5, 5.41) is 0. The number of nitrogens with zero attached hydrogens (tertiary/aromatic N) is 3. The Morgan fingerprint density at radius 1 is 1.71 bits per heavy atom. The van der Waals surface area contributed by atoms with E-state index in [1.165, 1.54) is 4.57 Å². The fraction of sp³-hybridized carbons (Fsp3) is 0.556. The van der Waals surface area contributed by atoms with Gasteiger partial charge in [0.05, 0.1) is 0 Å². The third-order valence-electron chi connectivity index (χ3n) is 2.69. The molecule has 2 rings (SSSR count). The Kier molecular flexibility index (Phi) is 2.25. The van der Waals surface area contributed by atoms with Crippen molar-refractivity contribution in [2.24, 2.45) is 12.8 Å². The van der Waals surface area contributed by atoms with Gasteiger partial charge in [0.2, 0.25) is 0 Å². The first-order valence-corrected chi connectivity index (χ1v) is 4.72. The van der Waals surface area contributed by atoms with Crippen LogP contribution in [0.15, 0.2) is 17.2 Å². The number of aromatic nitrogens is 2. The number of aryl methyl sites for hydroxylation is 1. The van der Waals surface area contributed by atoms with E-state index in [1.54, 1.807) is 19.4 Å². The Labute approximate surface area is 82.2 Å². The molecule has 1 aromatic heterocycles. The summed E-state index contributed by atoms with van der Waals surface area (Å²) in [7, 11) is 1.73. The average Bonchev–Trinajstić information content (AvgIpc) is 2.12. The molecule has 0 saturated carbocycles. The Morgan fingerprint density at radius 3 is 3.07 bits per heavy atom. The van der Waals surface area contributed by atoms with Crippen LogP contribution >= 0.6 is 0 Å². The molecule has 0 spiro atoms. The monoisotopic (exact) mass is 194 g/mol. The van der Waals surface area contributed by atoms with Crippen molar-refractivity contribution >= 4 is 5.82 Å². The van der Waals surface area contributed by atoms with Gasteiger partial charge < -0.3 is 15.2 Å². The Balaban J connectivity index is 2.33. The number of hydrogen-bond acceptors (Lipinski definition) is 4. The minimum atomic E-state index is -0.0503. The van der Waals surface area contributed by atoms with Gasteiger partial charge in [-0.15, -0.1) is 0 Å². The van der Waals surface area contributed by atoms with Crippen LogP contribution in [-0.2, 0) is 7.05 Å². The fourth-order valence-electron chi connectivity index (χ4n) is 1.65. The molecule has 0 aromatic carbocycles. The SMILES string of the molecule is Cn1ccnc(N2CCC2CN)c1=O. The van der Waals surface area contributed by atoms with Gasteiger partial charge in [-0.1, -0.05) is 0 Å². The minimum absolute atomic E-state index is 0.0503. The molecule has 0 radical (unpaired) electrons. The maximum Gasteiger partial charge on any atom is 0.293 e. The summed E-state index contributed by atoms with van der Waals surface area (Å²) in [5.41, 5.74) is 5.52. The zero-order valence-corrected chi connectivity index (χ0v) is 8.18. The van der Waals surface area contributed by atoms with Gasteiger partial charge >= 0.3 is 0 Å². The molecule has 2 N–H and O–H groups in total. The van der Waals surface area contributed by atoms with E-state index in [4.69, 9.17) is 5.73 Å². The van der Waals surface area contributed by atoms with E-state index in [2.05, 4.69) is 4.98 Å². The average molecular weight is 194 g/mol. The molecule has 2 heterocycles. The Bertz CT molecular complexity index is 385. The first-order chi connectivity index (χ1) is 6.74. The van der Waals surface area contributed by atoms with Crippen LogP contribution in [0.3, 0.4) is 0 Å². The first kappa shape index (κ1) is 9.21. The molecule has 1 aliphatic heterocycles. The summed E-state index contributed by atoms with van der Waals surface area (Å²) < 4.78 is 1.54. The summed E-state index contributed by atoms with van der Waals surface area (Å²) in [5.74, 6) is 0.525. The van der Waals surface area contributed by atoms with Gasteiger partial charge in [0.15, 0.2) is 5.82 Å². The lowest BCUT2D eigenvalue weighted by Gasteiger charge is -2.40. The molecule has 5 nitrogen and oxygen atoms in total. The van der Waals surface area contributed by atoms with Crippen LogP contribution in [0.25, 0.3) is 0 Å². The molecule has 1 fully saturated rings. The molecule has 0 amide bonds. The maximum absolute atomic E-state index is 11.7. The van der Waals surface area contributed by atoms with E-state index in [-0.39, 0.29) is 11.6 Å². The number of rotatable bonds is 2. The molecule has 0 aliphatic carbocycles. The van der Waals surface area contributed by atoms with Crippen molar-refractivity contribution in [3.63, 3.8) is 0 Å². The molecule has 76 valence electrons. The second-order valence-corrected chi connectivity index (χ2v) is 3.54. The van der Waals surface area contributed by atoms with E-state index in [1.807, 2.05) is 4.90 Å². The highest BCUT2D eigenvalue weighted by atomic mass is 16.1. The summed E-state index contributed by atoms with van der Waals surface area (Å²) in [6, 6.07) is 0.289. The molecule has 1 atom stereocenters. The van der Waals surface area contributed by atoms with Crippen LogP contribution in [0.4, 0.5) is 5.82 Å². The van der Waals surface area contributed by atoms with E-state index in [9.17, 15) is 4.79 Å². The predicted molar refractivity (Wildman–Crippen MR) is 54.3 cm³/mol. The third-order valence-corrected chi connectivity index (χ3v) is 2.69. The lowest BCUT2D eigenvalue weighted by Crippen LogP contribution is -2.54. The highest BCUT2D eigenvalue weighted by Crippen LogP contribution is 2.20. The van der Waals surface area contributed by atoms with E-state index in [0.717, 1.165) is 13.0 Å². The minimum Gasteiger partial charge on any atom is -0.348 e. The van der Waals surface area contributed by atoms with Gasteiger partial charge in [-0.2, -0.15) is 0 Å². The van der Waals surface area contributed by atoms with Crippen LogP contribution in [-0.4, -0.2) is 28.7 Å². The summed E-state index contributed by atoms with van der Waals surface area (Å²) in [4.78, 5) is 17.8. The molecule has 1 aromatic rings. The normalized spacial score (nSPS) is 20.7. The van der Waals surface area contributed by atoms with E-state index >= 15 is 0 Å². The molecule has 5 heteroatoms. The maximum atomic E-state index is 11.7.